The van der Waals surface area contributed by atoms with Crippen molar-refractivity contribution in [3.05, 3.63) is 52.1 Å². The second kappa shape index (κ2) is 7.83. The van der Waals surface area contributed by atoms with Crippen molar-refractivity contribution < 1.29 is 9.21 Å². The number of aryl methyl sites for hydroxylation is 2. The number of hydrogen-bond donors (Lipinski definition) is 1. The molecule has 1 N–H and O–H groups in total. The molecule has 0 aliphatic carbocycles. The van der Waals surface area contributed by atoms with Gasteiger partial charge in [0.2, 0.25) is 0 Å². The number of nitrogens with one attached hydrogen (secondary N) is 1. The first-order valence-electron chi connectivity index (χ1n) is 8.71. The zero-order valence-corrected chi connectivity index (χ0v) is 16.3. The summed E-state index contributed by atoms with van der Waals surface area (Å²) in [5, 5.41) is 3.40. The first-order chi connectivity index (χ1) is 12.5. The Hall–Kier alpha value is -2.47. The summed E-state index contributed by atoms with van der Waals surface area (Å²) < 4.78 is 5.84. The lowest BCUT2D eigenvalue weighted by atomic mass is 10.1. The maximum Gasteiger partial charge on any atom is 0.264 e. The van der Waals surface area contributed by atoms with Gasteiger partial charge in [-0.15, -0.1) is 0 Å². The summed E-state index contributed by atoms with van der Waals surface area (Å²) in [5.74, 6) is 1.32. The second-order valence-electron chi connectivity index (χ2n) is 6.10. The maximum absolute atomic E-state index is 12.2. The lowest BCUT2D eigenvalue weighted by molar-refractivity contribution is -0.115. The number of furan rings is 1. The molecule has 1 fully saturated rings. The Kier molecular flexibility index (Phi) is 5.52. The molecule has 1 amide bonds. The zero-order valence-electron chi connectivity index (χ0n) is 15.5. The highest BCUT2D eigenvalue weighted by molar-refractivity contribution is 8.18. The Morgan fingerprint density at radius 2 is 1.92 bits per heavy atom. The molecule has 1 aromatic carbocycles. The Labute approximate surface area is 158 Å². The van der Waals surface area contributed by atoms with Crippen molar-refractivity contribution in [1.82, 2.24) is 5.32 Å². The van der Waals surface area contributed by atoms with Gasteiger partial charge in [0.1, 0.15) is 5.76 Å². The molecule has 0 radical (unpaired) electrons. The molecule has 1 aromatic heterocycles. The molecule has 0 bridgehead atoms. The van der Waals surface area contributed by atoms with Gasteiger partial charge >= 0.3 is 0 Å². The molecular formula is C20H23N3O2S. The van der Waals surface area contributed by atoms with Gasteiger partial charge in [-0.3, -0.25) is 4.79 Å². The van der Waals surface area contributed by atoms with E-state index in [1.165, 1.54) is 22.9 Å². The third kappa shape index (κ3) is 4.02. The Morgan fingerprint density at radius 3 is 2.62 bits per heavy atom. The van der Waals surface area contributed by atoms with Crippen molar-refractivity contribution in [2.24, 2.45) is 4.99 Å². The Bertz CT molecular complexity index is 879. The summed E-state index contributed by atoms with van der Waals surface area (Å²) in [4.78, 5) is 19.4. The predicted octanol–water partition coefficient (Wildman–Crippen LogP) is 4.63. The molecule has 0 unspecified atom stereocenters. The van der Waals surface area contributed by atoms with Gasteiger partial charge in [-0.25, -0.2) is 4.99 Å². The minimum absolute atomic E-state index is 0.154. The molecule has 1 saturated heterocycles. The number of thioether (sulfide) groups is 1. The molecule has 5 nitrogen and oxygen atoms in total. The molecule has 1 aliphatic heterocycles. The maximum atomic E-state index is 12.2. The van der Waals surface area contributed by atoms with Gasteiger partial charge in [0, 0.05) is 25.2 Å². The number of carbonyl (C=O) groups excluding carboxylic acids is 1. The average Bonchev–Trinajstić information content (AvgIpc) is 3.20. The van der Waals surface area contributed by atoms with E-state index in [0.29, 0.717) is 15.8 Å². The van der Waals surface area contributed by atoms with Gasteiger partial charge < -0.3 is 14.6 Å². The first kappa shape index (κ1) is 18.3. The van der Waals surface area contributed by atoms with Crippen LogP contribution >= 0.6 is 11.8 Å². The number of hydrogen-bond acceptors (Lipinski definition) is 5. The quantitative estimate of drug-likeness (QED) is 0.781. The summed E-state index contributed by atoms with van der Waals surface area (Å²) >= 11 is 1.32. The Balaban J connectivity index is 1.78. The van der Waals surface area contributed by atoms with E-state index < -0.39 is 0 Å². The van der Waals surface area contributed by atoms with Crippen LogP contribution in [0.2, 0.25) is 0 Å². The number of anilines is 1. The molecule has 1 aliphatic rings. The molecule has 26 heavy (non-hydrogen) atoms. The minimum Gasteiger partial charge on any atom is -0.441 e. The Morgan fingerprint density at radius 1 is 1.15 bits per heavy atom. The molecule has 0 saturated carbocycles. The standard InChI is InChI=1S/C20H23N3O2S/c1-5-23(6-2)18-10-9-16(25-18)12-17-19(24)22-20(26-17)21-15-8-7-13(3)14(4)11-15/h7-12H,5-6H2,1-4H3,(H,21,22,24)/b17-12-. The van der Waals surface area contributed by atoms with Gasteiger partial charge in [0.15, 0.2) is 11.1 Å². The van der Waals surface area contributed by atoms with Crippen LogP contribution in [0, 0.1) is 13.8 Å². The lowest BCUT2D eigenvalue weighted by Gasteiger charge is -2.16. The van der Waals surface area contributed by atoms with Crippen LogP contribution in [-0.2, 0) is 4.79 Å². The molecule has 6 heteroatoms. The smallest absolute Gasteiger partial charge is 0.264 e. The van der Waals surface area contributed by atoms with E-state index in [9.17, 15) is 4.79 Å². The highest BCUT2D eigenvalue weighted by Crippen LogP contribution is 2.30. The molecule has 0 spiro atoms. The monoisotopic (exact) mass is 369 g/mol. The highest BCUT2D eigenvalue weighted by Gasteiger charge is 2.24. The molecule has 2 aromatic rings. The lowest BCUT2D eigenvalue weighted by Crippen LogP contribution is -2.20. The van der Waals surface area contributed by atoms with E-state index in [2.05, 4.69) is 42.9 Å². The van der Waals surface area contributed by atoms with Gasteiger partial charge in [-0.2, -0.15) is 0 Å². The number of carbonyl (C=O) groups is 1. The van der Waals surface area contributed by atoms with Gasteiger partial charge in [-0.1, -0.05) is 6.07 Å². The van der Waals surface area contributed by atoms with Crippen LogP contribution in [0.3, 0.4) is 0 Å². The van der Waals surface area contributed by atoms with E-state index in [1.54, 1.807) is 6.08 Å². The fourth-order valence-electron chi connectivity index (χ4n) is 2.65. The largest absolute Gasteiger partial charge is 0.441 e. The van der Waals surface area contributed by atoms with E-state index in [0.717, 1.165) is 24.7 Å². The van der Waals surface area contributed by atoms with Crippen molar-refractivity contribution in [2.75, 3.05) is 18.0 Å². The molecular weight excluding hydrogens is 346 g/mol. The van der Waals surface area contributed by atoms with Crippen LogP contribution in [-0.4, -0.2) is 24.2 Å². The molecule has 3 rings (SSSR count). The van der Waals surface area contributed by atoms with Gasteiger partial charge in [0.25, 0.3) is 5.91 Å². The van der Waals surface area contributed by atoms with E-state index in [-0.39, 0.29) is 5.91 Å². The van der Waals surface area contributed by atoms with E-state index in [4.69, 9.17) is 4.42 Å². The summed E-state index contributed by atoms with van der Waals surface area (Å²) in [7, 11) is 0. The van der Waals surface area contributed by atoms with E-state index >= 15 is 0 Å². The van der Waals surface area contributed by atoms with Crippen molar-refractivity contribution in [1.29, 1.82) is 0 Å². The first-order valence-corrected chi connectivity index (χ1v) is 9.53. The molecule has 0 atom stereocenters. The third-order valence-electron chi connectivity index (χ3n) is 4.33. The number of rotatable bonds is 5. The van der Waals surface area contributed by atoms with Crippen LogP contribution in [0.4, 0.5) is 11.6 Å². The fraction of sp³-hybridized carbons (Fsp3) is 0.300. The summed E-state index contributed by atoms with van der Waals surface area (Å²) in [6.45, 7) is 10.0. The van der Waals surface area contributed by atoms with E-state index in [1.807, 2.05) is 30.3 Å². The zero-order chi connectivity index (χ0) is 18.7. The fourth-order valence-corrected chi connectivity index (χ4v) is 3.47. The SMILES string of the molecule is CCN(CC)c1ccc(/C=C2\SC(=Nc3ccc(C)c(C)c3)NC2=O)o1. The van der Waals surface area contributed by atoms with Crippen LogP contribution in [0.25, 0.3) is 6.08 Å². The van der Waals surface area contributed by atoms with Gasteiger partial charge in [-0.05, 0) is 68.8 Å². The summed E-state index contributed by atoms with van der Waals surface area (Å²) in [6, 6.07) is 9.81. The molecule has 2 heterocycles. The van der Waals surface area contributed by atoms with Crippen LogP contribution in [0.15, 0.2) is 44.6 Å². The normalized spacial score (nSPS) is 17.2. The topological polar surface area (TPSA) is 57.8 Å². The summed E-state index contributed by atoms with van der Waals surface area (Å²) in [5.41, 5.74) is 3.23. The number of benzene rings is 1. The van der Waals surface area contributed by atoms with Gasteiger partial charge in [0.05, 0.1) is 10.6 Å². The third-order valence-corrected chi connectivity index (χ3v) is 5.24. The van der Waals surface area contributed by atoms with Crippen molar-refractivity contribution in [3.63, 3.8) is 0 Å². The van der Waals surface area contributed by atoms with Crippen LogP contribution in [0.1, 0.15) is 30.7 Å². The highest BCUT2D eigenvalue weighted by atomic mass is 32.2. The van der Waals surface area contributed by atoms with Crippen molar-refractivity contribution >= 4 is 40.5 Å². The number of amidine groups is 1. The minimum atomic E-state index is -0.154. The summed E-state index contributed by atoms with van der Waals surface area (Å²) in [6.07, 6.45) is 1.76. The predicted molar refractivity (Wildman–Crippen MR) is 109 cm³/mol. The number of nitrogens with zero attached hydrogens (tertiary/aromatic N) is 2. The number of aliphatic imine (C=N–C) groups is 1. The average molecular weight is 369 g/mol. The molecule has 136 valence electrons. The van der Waals surface area contributed by atoms with Crippen molar-refractivity contribution in [2.45, 2.75) is 27.7 Å². The van der Waals surface area contributed by atoms with Crippen molar-refractivity contribution in [3.8, 4) is 0 Å². The second-order valence-corrected chi connectivity index (χ2v) is 7.13. The van der Waals surface area contributed by atoms with Crippen LogP contribution in [0.5, 0.6) is 0 Å². The van der Waals surface area contributed by atoms with Crippen LogP contribution < -0.4 is 10.2 Å². The number of amides is 1.